The highest BCUT2D eigenvalue weighted by atomic mass is 16.2. The van der Waals surface area contributed by atoms with Crippen LogP contribution in [-0.4, -0.2) is 42.9 Å². The summed E-state index contributed by atoms with van der Waals surface area (Å²) >= 11 is 0. The third-order valence-electron chi connectivity index (χ3n) is 5.48. The lowest BCUT2D eigenvalue weighted by Crippen LogP contribution is -2.42. The van der Waals surface area contributed by atoms with E-state index in [0.29, 0.717) is 6.54 Å². The summed E-state index contributed by atoms with van der Waals surface area (Å²) in [6.45, 7) is 1.92. The molecule has 0 saturated heterocycles. The molecule has 0 aromatic rings. The van der Waals surface area contributed by atoms with Crippen molar-refractivity contribution in [2.24, 2.45) is 11.7 Å². The van der Waals surface area contributed by atoms with E-state index in [1.807, 2.05) is 4.90 Å². The van der Waals surface area contributed by atoms with Crippen LogP contribution in [0, 0.1) is 5.92 Å². The zero-order chi connectivity index (χ0) is 17.9. The molecule has 0 aliphatic heterocycles. The molecule has 1 fully saturated rings. The van der Waals surface area contributed by atoms with Crippen molar-refractivity contribution in [3.05, 3.63) is 11.6 Å². The molecule has 5 heteroatoms. The summed E-state index contributed by atoms with van der Waals surface area (Å²) < 4.78 is 0. The predicted octanol–water partition coefficient (Wildman–Crippen LogP) is 2.75. The van der Waals surface area contributed by atoms with Crippen LogP contribution in [0.4, 0.5) is 0 Å². The van der Waals surface area contributed by atoms with Crippen LogP contribution in [0.15, 0.2) is 11.6 Å². The Labute approximate surface area is 152 Å². The quantitative estimate of drug-likeness (QED) is 0.596. The highest BCUT2D eigenvalue weighted by molar-refractivity contribution is 5.80. The number of hydrogen-bond donors (Lipinski definition) is 2. The van der Waals surface area contributed by atoms with E-state index in [0.717, 1.165) is 25.3 Å². The van der Waals surface area contributed by atoms with Crippen molar-refractivity contribution in [2.75, 3.05) is 26.2 Å². The van der Waals surface area contributed by atoms with Gasteiger partial charge in [-0.2, -0.15) is 0 Å². The molecule has 0 atom stereocenters. The van der Waals surface area contributed by atoms with Gasteiger partial charge in [-0.25, -0.2) is 0 Å². The third-order valence-corrected chi connectivity index (χ3v) is 5.48. The molecule has 5 nitrogen and oxygen atoms in total. The molecule has 2 rings (SSSR count). The van der Waals surface area contributed by atoms with Crippen molar-refractivity contribution in [3.8, 4) is 0 Å². The fourth-order valence-corrected chi connectivity index (χ4v) is 4.03. The summed E-state index contributed by atoms with van der Waals surface area (Å²) in [5, 5.41) is 3.00. The van der Waals surface area contributed by atoms with Gasteiger partial charge in [0.25, 0.3) is 0 Å². The minimum absolute atomic E-state index is 0.00121. The molecular weight excluding hydrogens is 314 g/mol. The predicted molar refractivity (Wildman–Crippen MR) is 101 cm³/mol. The summed E-state index contributed by atoms with van der Waals surface area (Å²) in [6, 6.07) is 0. The standard InChI is InChI=1S/C20H35N3O2/c21-19(24)15-23(14-12-18-9-5-2-6-10-18)16-20(25)22-13-11-17-7-3-1-4-8-17/h7,18H,1-6,8-16H2,(H2,21,24)(H,22,25). The monoisotopic (exact) mass is 349 g/mol. The van der Waals surface area contributed by atoms with E-state index >= 15 is 0 Å². The van der Waals surface area contributed by atoms with Crippen LogP contribution >= 0.6 is 0 Å². The van der Waals surface area contributed by atoms with E-state index in [9.17, 15) is 9.59 Å². The topological polar surface area (TPSA) is 75.4 Å². The van der Waals surface area contributed by atoms with Crippen molar-refractivity contribution >= 4 is 11.8 Å². The van der Waals surface area contributed by atoms with E-state index in [4.69, 9.17) is 5.73 Å². The number of amides is 2. The first-order valence-corrected chi connectivity index (χ1v) is 10.1. The minimum atomic E-state index is -0.358. The lowest BCUT2D eigenvalue weighted by Gasteiger charge is -2.26. The Kier molecular flexibility index (Phi) is 9.02. The number of carbonyl (C=O) groups is 2. The van der Waals surface area contributed by atoms with Gasteiger partial charge in [-0.3, -0.25) is 14.5 Å². The van der Waals surface area contributed by atoms with Gasteiger partial charge in [0.2, 0.25) is 11.8 Å². The van der Waals surface area contributed by atoms with Gasteiger partial charge in [0, 0.05) is 6.54 Å². The first-order valence-electron chi connectivity index (χ1n) is 10.1. The van der Waals surface area contributed by atoms with Gasteiger partial charge in [-0.05, 0) is 51.0 Å². The number of carbonyl (C=O) groups excluding carboxylic acids is 2. The van der Waals surface area contributed by atoms with E-state index in [1.54, 1.807) is 0 Å². The first kappa shape index (κ1) is 20.0. The summed E-state index contributed by atoms with van der Waals surface area (Å²) in [5.74, 6) is 0.385. The van der Waals surface area contributed by atoms with Crippen LogP contribution in [0.5, 0.6) is 0 Å². The molecule has 25 heavy (non-hydrogen) atoms. The summed E-state index contributed by atoms with van der Waals surface area (Å²) in [4.78, 5) is 25.4. The minimum Gasteiger partial charge on any atom is -0.369 e. The average molecular weight is 350 g/mol. The van der Waals surface area contributed by atoms with Crippen LogP contribution in [0.2, 0.25) is 0 Å². The molecule has 2 amide bonds. The molecule has 0 aromatic carbocycles. The first-order chi connectivity index (χ1) is 12.1. The van der Waals surface area contributed by atoms with Crippen LogP contribution < -0.4 is 11.1 Å². The fraction of sp³-hybridized carbons (Fsp3) is 0.800. The second-order valence-corrected chi connectivity index (χ2v) is 7.68. The van der Waals surface area contributed by atoms with Crippen LogP contribution in [0.1, 0.15) is 70.6 Å². The smallest absolute Gasteiger partial charge is 0.234 e. The van der Waals surface area contributed by atoms with Gasteiger partial charge in [0.05, 0.1) is 13.1 Å². The molecule has 0 bridgehead atoms. The summed E-state index contributed by atoms with van der Waals surface area (Å²) in [7, 11) is 0. The van der Waals surface area contributed by atoms with Gasteiger partial charge >= 0.3 is 0 Å². The van der Waals surface area contributed by atoms with Crippen molar-refractivity contribution in [3.63, 3.8) is 0 Å². The van der Waals surface area contributed by atoms with Crippen LogP contribution in [-0.2, 0) is 9.59 Å². The highest BCUT2D eigenvalue weighted by Crippen LogP contribution is 2.26. The van der Waals surface area contributed by atoms with Crippen molar-refractivity contribution in [1.29, 1.82) is 0 Å². The lowest BCUT2D eigenvalue weighted by atomic mass is 9.87. The average Bonchev–Trinajstić information content (AvgIpc) is 2.61. The molecule has 0 aromatic heterocycles. The normalized spacial score (nSPS) is 18.8. The zero-order valence-corrected chi connectivity index (χ0v) is 15.6. The maximum Gasteiger partial charge on any atom is 0.234 e. The van der Waals surface area contributed by atoms with Gasteiger partial charge < -0.3 is 11.1 Å². The fourth-order valence-electron chi connectivity index (χ4n) is 4.03. The van der Waals surface area contributed by atoms with Crippen molar-refractivity contribution < 1.29 is 9.59 Å². The highest BCUT2D eigenvalue weighted by Gasteiger charge is 2.18. The maximum absolute atomic E-state index is 12.2. The molecule has 1 saturated carbocycles. The third kappa shape index (κ3) is 8.52. The number of hydrogen-bond acceptors (Lipinski definition) is 3. The second-order valence-electron chi connectivity index (χ2n) is 7.68. The maximum atomic E-state index is 12.2. The van der Waals surface area contributed by atoms with Crippen molar-refractivity contribution in [2.45, 2.75) is 70.6 Å². The molecule has 0 radical (unpaired) electrons. The molecule has 0 unspecified atom stereocenters. The van der Waals surface area contributed by atoms with Crippen LogP contribution in [0.3, 0.4) is 0 Å². The number of nitrogens with two attached hydrogens (primary N) is 1. The molecule has 0 heterocycles. The Morgan fingerprint density at radius 1 is 1.12 bits per heavy atom. The summed E-state index contributed by atoms with van der Waals surface area (Å²) in [5.41, 5.74) is 6.83. The van der Waals surface area contributed by atoms with Gasteiger partial charge in [0.15, 0.2) is 0 Å². The number of nitrogens with zero attached hydrogens (tertiary/aromatic N) is 1. The molecule has 3 N–H and O–H groups in total. The van der Waals surface area contributed by atoms with Crippen LogP contribution in [0.25, 0.3) is 0 Å². The van der Waals surface area contributed by atoms with Gasteiger partial charge in [-0.1, -0.05) is 43.8 Å². The molecular formula is C20H35N3O2. The second kappa shape index (κ2) is 11.3. The van der Waals surface area contributed by atoms with E-state index in [1.165, 1.54) is 63.4 Å². The number of rotatable bonds is 10. The largest absolute Gasteiger partial charge is 0.369 e. The Bertz CT molecular complexity index is 456. The Morgan fingerprint density at radius 3 is 2.60 bits per heavy atom. The molecule has 2 aliphatic rings. The zero-order valence-electron chi connectivity index (χ0n) is 15.6. The van der Waals surface area contributed by atoms with E-state index in [-0.39, 0.29) is 24.9 Å². The van der Waals surface area contributed by atoms with Crippen molar-refractivity contribution in [1.82, 2.24) is 10.2 Å². The number of primary amides is 1. The molecule has 142 valence electrons. The SMILES string of the molecule is NC(=O)CN(CCC1CCCCC1)CC(=O)NCCC1=CCCCC1. The van der Waals surface area contributed by atoms with E-state index in [2.05, 4.69) is 11.4 Å². The summed E-state index contributed by atoms with van der Waals surface area (Å²) in [6.07, 6.45) is 15.8. The molecule has 0 spiro atoms. The molecule has 2 aliphatic carbocycles. The van der Waals surface area contributed by atoms with E-state index < -0.39 is 0 Å². The number of nitrogens with one attached hydrogen (secondary N) is 1. The lowest BCUT2D eigenvalue weighted by molar-refractivity contribution is -0.123. The Balaban J connectivity index is 1.68. The Morgan fingerprint density at radius 2 is 1.92 bits per heavy atom. The van der Waals surface area contributed by atoms with Gasteiger partial charge in [-0.15, -0.1) is 0 Å². The number of allylic oxidation sites excluding steroid dienone is 1. The van der Waals surface area contributed by atoms with Gasteiger partial charge in [0.1, 0.15) is 0 Å². The Hall–Kier alpha value is -1.36.